The molecule has 0 heterocycles. The Kier molecular flexibility index (Phi) is 4.22. The van der Waals surface area contributed by atoms with E-state index >= 15 is 0 Å². The quantitative estimate of drug-likeness (QED) is 0.276. The van der Waals surface area contributed by atoms with Crippen LogP contribution in [0.15, 0.2) is 12.2 Å². The summed E-state index contributed by atoms with van der Waals surface area (Å²) in [5.41, 5.74) is -0.325. The number of allylic oxidation sites excluding steroid dienone is 1. The smallest absolute Gasteiger partial charge is 0.331 e. The Morgan fingerprint density at radius 3 is 2.67 bits per heavy atom. The van der Waals surface area contributed by atoms with Gasteiger partial charge in [-0.05, 0) is 13.8 Å². The molecule has 3 heteroatoms. The molecule has 2 nitrogen and oxygen atoms in total. The normalized spacial score (nSPS) is 13.7. The summed E-state index contributed by atoms with van der Waals surface area (Å²) in [6, 6.07) is 0. The molecular weight excluding hydrogens is 136 g/mol. The molecule has 0 aromatic carbocycles. The van der Waals surface area contributed by atoms with Crippen LogP contribution in [0.25, 0.3) is 0 Å². The third kappa shape index (κ3) is 5.43. The second-order valence-electron chi connectivity index (χ2n) is 1.54. The zero-order valence-electron chi connectivity index (χ0n) is 5.50. The Hall–Kier alpha value is -0.440. The van der Waals surface area contributed by atoms with Crippen molar-refractivity contribution in [2.45, 2.75) is 19.3 Å². The lowest BCUT2D eigenvalue weighted by molar-refractivity contribution is -0.138. The van der Waals surface area contributed by atoms with Gasteiger partial charge < -0.3 is 4.74 Å². The average Bonchev–Trinajstić information content (AvgIpc) is 1.63. The van der Waals surface area contributed by atoms with Gasteiger partial charge in [0.25, 0.3) is 0 Å². The van der Waals surface area contributed by atoms with Gasteiger partial charge in [-0.25, -0.2) is 4.79 Å². The highest BCUT2D eigenvalue weighted by Crippen LogP contribution is 1.95. The lowest BCUT2D eigenvalue weighted by Gasteiger charge is -2.02. The van der Waals surface area contributed by atoms with Crippen molar-refractivity contribution in [3.8, 4) is 0 Å². The molecule has 1 unspecified atom stereocenters. The van der Waals surface area contributed by atoms with Crippen LogP contribution in [0, 0.1) is 0 Å². The van der Waals surface area contributed by atoms with Crippen LogP contribution in [0.4, 0.5) is 0 Å². The molecule has 1 atom stereocenters. The fourth-order valence-corrected chi connectivity index (χ4v) is 0.447. The molecular formula is C6H10O2S. The van der Waals surface area contributed by atoms with E-state index in [0.29, 0.717) is 0 Å². The van der Waals surface area contributed by atoms with Crippen LogP contribution in [0.3, 0.4) is 0 Å². The summed E-state index contributed by atoms with van der Waals surface area (Å²) in [5, 5.41) is 0. The number of rotatable bonds is 2. The third-order valence-electron chi connectivity index (χ3n) is 0.589. The van der Waals surface area contributed by atoms with Crippen LogP contribution in [0.1, 0.15) is 13.8 Å². The Bertz CT molecular complexity index is 118. The Labute approximate surface area is 60.3 Å². The number of esters is 1. The predicted molar refractivity (Wildman–Crippen MR) is 39.4 cm³/mol. The molecule has 0 bridgehead atoms. The molecule has 0 aliphatic heterocycles. The number of carbonyl (C=O) groups is 1. The second-order valence-corrected chi connectivity index (χ2v) is 2.26. The van der Waals surface area contributed by atoms with Crippen molar-refractivity contribution < 1.29 is 9.53 Å². The minimum absolute atomic E-state index is 0.325. The van der Waals surface area contributed by atoms with Crippen LogP contribution in [-0.4, -0.2) is 11.4 Å². The summed E-state index contributed by atoms with van der Waals surface area (Å²) >= 11 is 3.85. The lowest BCUT2D eigenvalue weighted by atomic mass is 10.5. The van der Waals surface area contributed by atoms with E-state index in [0.717, 1.165) is 0 Å². The van der Waals surface area contributed by atoms with Gasteiger partial charge in [0, 0.05) is 6.08 Å². The Morgan fingerprint density at radius 1 is 1.78 bits per heavy atom. The second kappa shape index (κ2) is 4.44. The molecule has 52 valence electrons. The molecule has 0 fully saturated rings. The van der Waals surface area contributed by atoms with Crippen molar-refractivity contribution in [1.29, 1.82) is 0 Å². The molecule has 0 spiro atoms. The van der Waals surface area contributed by atoms with E-state index < -0.39 is 0 Å². The van der Waals surface area contributed by atoms with E-state index in [2.05, 4.69) is 17.4 Å². The third-order valence-corrected chi connectivity index (χ3v) is 0.695. The molecule has 0 N–H and O–H groups in total. The molecule has 0 rings (SSSR count). The van der Waals surface area contributed by atoms with Crippen LogP contribution >= 0.6 is 12.6 Å². The maximum Gasteiger partial charge on any atom is 0.331 e. The molecule has 0 saturated carbocycles. The standard InChI is InChI=1S/C6H10O2S/c1-3-4-6(7)8-5(2)9/h3-5,9H,1-2H3/b4-3+. The summed E-state index contributed by atoms with van der Waals surface area (Å²) in [7, 11) is 0. The minimum atomic E-state index is -0.347. The van der Waals surface area contributed by atoms with Crippen molar-refractivity contribution in [3.63, 3.8) is 0 Å². The van der Waals surface area contributed by atoms with Crippen molar-refractivity contribution in [1.82, 2.24) is 0 Å². The van der Waals surface area contributed by atoms with E-state index in [-0.39, 0.29) is 11.4 Å². The first-order valence-corrected chi connectivity index (χ1v) is 3.20. The van der Waals surface area contributed by atoms with Crippen molar-refractivity contribution >= 4 is 18.6 Å². The summed E-state index contributed by atoms with van der Waals surface area (Å²) in [6.07, 6.45) is 2.98. The van der Waals surface area contributed by atoms with E-state index in [1.807, 2.05) is 0 Å². The molecule has 0 amide bonds. The molecule has 0 aliphatic carbocycles. The van der Waals surface area contributed by atoms with Gasteiger partial charge in [-0.3, -0.25) is 0 Å². The predicted octanol–water partition coefficient (Wildman–Crippen LogP) is 1.38. The van der Waals surface area contributed by atoms with Gasteiger partial charge in [0.05, 0.1) is 0 Å². The van der Waals surface area contributed by atoms with Crippen molar-refractivity contribution in [3.05, 3.63) is 12.2 Å². The summed E-state index contributed by atoms with van der Waals surface area (Å²) < 4.78 is 4.63. The monoisotopic (exact) mass is 146 g/mol. The highest BCUT2D eigenvalue weighted by Gasteiger charge is 1.98. The van der Waals surface area contributed by atoms with Gasteiger partial charge >= 0.3 is 5.97 Å². The largest absolute Gasteiger partial charge is 0.449 e. The Morgan fingerprint density at radius 2 is 2.33 bits per heavy atom. The van der Waals surface area contributed by atoms with Gasteiger partial charge in [0.15, 0.2) is 0 Å². The number of ether oxygens (including phenoxy) is 1. The molecule has 9 heavy (non-hydrogen) atoms. The molecule has 0 aromatic heterocycles. The van der Waals surface area contributed by atoms with Crippen LogP contribution in [-0.2, 0) is 9.53 Å². The first-order chi connectivity index (χ1) is 4.16. The van der Waals surface area contributed by atoms with Crippen molar-refractivity contribution in [2.24, 2.45) is 0 Å². The van der Waals surface area contributed by atoms with E-state index in [1.165, 1.54) is 6.08 Å². The summed E-state index contributed by atoms with van der Waals surface area (Å²) in [5.74, 6) is -0.347. The minimum Gasteiger partial charge on any atom is -0.449 e. The first-order valence-electron chi connectivity index (χ1n) is 2.68. The topological polar surface area (TPSA) is 26.3 Å². The van der Waals surface area contributed by atoms with Gasteiger partial charge in [-0.1, -0.05) is 6.08 Å². The summed E-state index contributed by atoms with van der Waals surface area (Å²) in [6.45, 7) is 3.44. The van der Waals surface area contributed by atoms with Gasteiger partial charge in [-0.15, -0.1) is 12.6 Å². The average molecular weight is 146 g/mol. The van der Waals surface area contributed by atoms with Gasteiger partial charge in [0.2, 0.25) is 0 Å². The van der Waals surface area contributed by atoms with E-state index in [1.54, 1.807) is 19.9 Å². The first kappa shape index (κ1) is 8.56. The van der Waals surface area contributed by atoms with Crippen LogP contribution in [0.5, 0.6) is 0 Å². The van der Waals surface area contributed by atoms with Gasteiger partial charge in [0.1, 0.15) is 5.44 Å². The molecule has 0 aromatic rings. The molecule has 0 saturated heterocycles. The number of carbonyl (C=O) groups excluding carboxylic acids is 1. The maximum absolute atomic E-state index is 10.5. The number of thiol groups is 1. The zero-order valence-corrected chi connectivity index (χ0v) is 6.39. The molecule has 0 aliphatic rings. The highest BCUT2D eigenvalue weighted by atomic mass is 32.1. The fraction of sp³-hybridized carbons (Fsp3) is 0.500. The number of hydrogen-bond donors (Lipinski definition) is 1. The zero-order chi connectivity index (χ0) is 7.28. The SMILES string of the molecule is C/C=C/C(=O)OC(C)S. The highest BCUT2D eigenvalue weighted by molar-refractivity contribution is 7.80. The van der Waals surface area contributed by atoms with Crippen LogP contribution in [0.2, 0.25) is 0 Å². The Balaban J connectivity index is 3.51. The van der Waals surface area contributed by atoms with Crippen LogP contribution < -0.4 is 0 Å². The maximum atomic E-state index is 10.5. The molecule has 0 radical (unpaired) electrons. The lowest BCUT2D eigenvalue weighted by Crippen LogP contribution is -2.05. The fourth-order valence-electron chi connectivity index (χ4n) is 0.343. The van der Waals surface area contributed by atoms with Crippen molar-refractivity contribution in [2.75, 3.05) is 0 Å². The van der Waals surface area contributed by atoms with Gasteiger partial charge in [-0.2, -0.15) is 0 Å². The van der Waals surface area contributed by atoms with E-state index in [4.69, 9.17) is 0 Å². The number of hydrogen-bond acceptors (Lipinski definition) is 3. The summed E-state index contributed by atoms with van der Waals surface area (Å²) in [4.78, 5) is 10.5. The van der Waals surface area contributed by atoms with E-state index in [9.17, 15) is 4.79 Å².